The summed E-state index contributed by atoms with van der Waals surface area (Å²) in [7, 11) is 0. The number of ether oxygens (including phenoxy) is 1. The number of carbonyl (C=O) groups excluding carboxylic acids is 2. The Labute approximate surface area is 93.0 Å². The van der Waals surface area contributed by atoms with Crippen LogP contribution in [0.1, 0.15) is 10.4 Å². The molecule has 1 aromatic heterocycles. The van der Waals surface area contributed by atoms with Crippen LogP contribution in [0.5, 0.6) is 0 Å². The van der Waals surface area contributed by atoms with E-state index >= 15 is 0 Å². The van der Waals surface area contributed by atoms with E-state index in [-0.39, 0.29) is 0 Å². The van der Waals surface area contributed by atoms with Crippen molar-refractivity contribution in [1.82, 2.24) is 9.88 Å². The van der Waals surface area contributed by atoms with E-state index < -0.39 is 11.7 Å². The maximum absolute atomic E-state index is 11.8. The van der Waals surface area contributed by atoms with Gasteiger partial charge in [-0.05, 0) is 12.1 Å². The molecule has 5 nitrogen and oxygen atoms in total. The summed E-state index contributed by atoms with van der Waals surface area (Å²) in [6.45, 7) is 1.95. The Balaban J connectivity index is 2.07. The van der Waals surface area contributed by atoms with Gasteiger partial charge in [0.05, 0.1) is 13.2 Å². The van der Waals surface area contributed by atoms with Gasteiger partial charge in [0.1, 0.15) is 0 Å². The van der Waals surface area contributed by atoms with Gasteiger partial charge in [-0.25, -0.2) is 0 Å². The highest BCUT2D eigenvalue weighted by Gasteiger charge is 2.24. The molecule has 0 N–H and O–H groups in total. The van der Waals surface area contributed by atoms with Crippen LogP contribution in [0.15, 0.2) is 24.5 Å². The van der Waals surface area contributed by atoms with E-state index in [1.165, 1.54) is 17.3 Å². The van der Waals surface area contributed by atoms with Crippen molar-refractivity contribution in [3.05, 3.63) is 30.1 Å². The zero-order chi connectivity index (χ0) is 11.4. The number of amides is 1. The number of rotatable bonds is 2. The molecule has 2 heterocycles. The van der Waals surface area contributed by atoms with Gasteiger partial charge in [0, 0.05) is 31.0 Å². The van der Waals surface area contributed by atoms with Crippen LogP contribution in [0.3, 0.4) is 0 Å². The van der Waals surface area contributed by atoms with Crippen molar-refractivity contribution in [1.29, 1.82) is 0 Å². The number of carbonyl (C=O) groups is 2. The van der Waals surface area contributed by atoms with Gasteiger partial charge < -0.3 is 9.64 Å². The Kier molecular flexibility index (Phi) is 3.26. The average molecular weight is 220 g/mol. The summed E-state index contributed by atoms with van der Waals surface area (Å²) in [5.74, 6) is -0.946. The van der Waals surface area contributed by atoms with Gasteiger partial charge in [-0.15, -0.1) is 0 Å². The number of ketones is 1. The number of aromatic nitrogens is 1. The standard InChI is InChI=1S/C11H12N2O3/c14-10(9-1-3-12-4-2-9)11(15)13-5-7-16-8-6-13/h1-4H,5-8H2. The van der Waals surface area contributed by atoms with Gasteiger partial charge >= 0.3 is 0 Å². The Morgan fingerprint density at radius 3 is 2.44 bits per heavy atom. The van der Waals surface area contributed by atoms with Crippen LogP contribution in [-0.2, 0) is 9.53 Å². The van der Waals surface area contributed by atoms with E-state index in [4.69, 9.17) is 4.74 Å². The minimum Gasteiger partial charge on any atom is -0.378 e. The first kappa shape index (κ1) is 10.8. The monoisotopic (exact) mass is 220 g/mol. The molecular formula is C11H12N2O3. The van der Waals surface area contributed by atoms with Gasteiger partial charge in [-0.2, -0.15) is 0 Å². The molecule has 84 valence electrons. The third-order valence-corrected chi connectivity index (χ3v) is 2.44. The second-order valence-corrected chi connectivity index (χ2v) is 3.47. The lowest BCUT2D eigenvalue weighted by molar-refractivity contribution is -0.130. The average Bonchev–Trinajstić information content (AvgIpc) is 2.39. The van der Waals surface area contributed by atoms with Crippen LogP contribution >= 0.6 is 0 Å². The Morgan fingerprint density at radius 1 is 1.19 bits per heavy atom. The molecule has 0 unspecified atom stereocenters. The Morgan fingerprint density at radius 2 is 1.81 bits per heavy atom. The molecule has 0 saturated carbocycles. The number of hydrogen-bond acceptors (Lipinski definition) is 4. The molecule has 0 bridgehead atoms. The van der Waals surface area contributed by atoms with Crippen LogP contribution in [0, 0.1) is 0 Å². The largest absolute Gasteiger partial charge is 0.378 e. The van der Waals surface area contributed by atoms with E-state index in [1.807, 2.05) is 0 Å². The maximum atomic E-state index is 11.8. The van der Waals surface area contributed by atoms with Gasteiger partial charge in [0.15, 0.2) is 0 Å². The molecule has 5 heteroatoms. The number of pyridine rings is 1. The number of hydrogen-bond donors (Lipinski definition) is 0. The molecule has 2 rings (SSSR count). The first-order chi connectivity index (χ1) is 7.79. The summed E-state index contributed by atoms with van der Waals surface area (Å²) >= 11 is 0. The summed E-state index contributed by atoms with van der Waals surface area (Å²) < 4.78 is 5.12. The Bertz CT molecular complexity index is 385. The molecule has 1 amide bonds. The number of morpholine rings is 1. The summed E-state index contributed by atoms with van der Waals surface area (Å²) in [5, 5.41) is 0. The molecular weight excluding hydrogens is 208 g/mol. The third-order valence-electron chi connectivity index (χ3n) is 2.44. The van der Waals surface area contributed by atoms with Crippen molar-refractivity contribution in [2.45, 2.75) is 0 Å². The summed E-state index contributed by atoms with van der Waals surface area (Å²) in [4.78, 5) is 28.9. The van der Waals surface area contributed by atoms with Gasteiger partial charge in [-0.3, -0.25) is 14.6 Å². The third kappa shape index (κ3) is 2.25. The predicted molar refractivity (Wildman–Crippen MR) is 56.0 cm³/mol. The fourth-order valence-electron chi connectivity index (χ4n) is 1.54. The quantitative estimate of drug-likeness (QED) is 0.525. The molecule has 1 saturated heterocycles. The lowest BCUT2D eigenvalue weighted by Gasteiger charge is -2.26. The number of nitrogens with zero attached hydrogens (tertiary/aromatic N) is 2. The molecule has 1 aliphatic rings. The van der Waals surface area contributed by atoms with Crippen molar-refractivity contribution >= 4 is 11.7 Å². The highest BCUT2D eigenvalue weighted by Crippen LogP contribution is 2.04. The topological polar surface area (TPSA) is 59.5 Å². The SMILES string of the molecule is O=C(C(=O)N1CCOCC1)c1ccncc1. The van der Waals surface area contributed by atoms with Crippen LogP contribution < -0.4 is 0 Å². The molecule has 1 aromatic rings. The van der Waals surface area contributed by atoms with Crippen LogP contribution in [0.4, 0.5) is 0 Å². The molecule has 0 spiro atoms. The van der Waals surface area contributed by atoms with Gasteiger partial charge in [0.25, 0.3) is 5.91 Å². The minimum absolute atomic E-state index is 0.381. The van der Waals surface area contributed by atoms with Crippen molar-refractivity contribution in [2.75, 3.05) is 26.3 Å². The molecule has 0 aromatic carbocycles. The minimum atomic E-state index is -0.482. The van der Waals surface area contributed by atoms with E-state index in [0.717, 1.165) is 0 Å². The van der Waals surface area contributed by atoms with Crippen LogP contribution in [-0.4, -0.2) is 47.9 Å². The first-order valence-electron chi connectivity index (χ1n) is 5.10. The molecule has 16 heavy (non-hydrogen) atoms. The first-order valence-corrected chi connectivity index (χ1v) is 5.10. The zero-order valence-electron chi connectivity index (χ0n) is 8.76. The van der Waals surface area contributed by atoms with Gasteiger partial charge in [0.2, 0.25) is 5.78 Å². The highest BCUT2D eigenvalue weighted by atomic mass is 16.5. The number of Topliss-reactive ketones (excluding diaryl/α,β-unsaturated/α-hetero) is 1. The lowest BCUT2D eigenvalue weighted by atomic mass is 10.1. The second kappa shape index (κ2) is 4.85. The molecule has 0 atom stereocenters. The normalized spacial score (nSPS) is 15.9. The Hall–Kier alpha value is -1.75. The van der Waals surface area contributed by atoms with E-state index in [0.29, 0.717) is 31.9 Å². The van der Waals surface area contributed by atoms with E-state index in [1.54, 1.807) is 12.1 Å². The predicted octanol–water partition coefficient (Wildman–Crippen LogP) is 0.123. The van der Waals surface area contributed by atoms with Crippen molar-refractivity contribution in [3.63, 3.8) is 0 Å². The molecule has 0 aliphatic carbocycles. The molecule has 0 radical (unpaired) electrons. The fourth-order valence-corrected chi connectivity index (χ4v) is 1.54. The second-order valence-electron chi connectivity index (χ2n) is 3.47. The summed E-state index contributed by atoms with van der Waals surface area (Å²) in [5.41, 5.74) is 0.381. The summed E-state index contributed by atoms with van der Waals surface area (Å²) in [6.07, 6.45) is 3.00. The highest BCUT2D eigenvalue weighted by molar-refractivity contribution is 6.42. The van der Waals surface area contributed by atoms with Crippen LogP contribution in [0.25, 0.3) is 0 Å². The zero-order valence-corrected chi connectivity index (χ0v) is 8.76. The van der Waals surface area contributed by atoms with Crippen molar-refractivity contribution in [2.24, 2.45) is 0 Å². The van der Waals surface area contributed by atoms with E-state index in [2.05, 4.69) is 4.98 Å². The lowest BCUT2D eigenvalue weighted by Crippen LogP contribution is -2.44. The van der Waals surface area contributed by atoms with Crippen molar-refractivity contribution in [3.8, 4) is 0 Å². The smallest absolute Gasteiger partial charge is 0.295 e. The van der Waals surface area contributed by atoms with Crippen molar-refractivity contribution < 1.29 is 14.3 Å². The van der Waals surface area contributed by atoms with Gasteiger partial charge in [-0.1, -0.05) is 0 Å². The van der Waals surface area contributed by atoms with Crippen LogP contribution in [0.2, 0.25) is 0 Å². The fraction of sp³-hybridized carbons (Fsp3) is 0.364. The maximum Gasteiger partial charge on any atom is 0.295 e. The molecule has 1 fully saturated rings. The van der Waals surface area contributed by atoms with E-state index in [9.17, 15) is 9.59 Å². The molecule has 1 aliphatic heterocycles. The summed E-state index contributed by atoms with van der Waals surface area (Å²) in [6, 6.07) is 3.08.